The van der Waals surface area contributed by atoms with Gasteiger partial charge in [-0.25, -0.2) is 4.79 Å². The van der Waals surface area contributed by atoms with Gasteiger partial charge in [-0.15, -0.1) is 0 Å². The van der Waals surface area contributed by atoms with Crippen LogP contribution in [0.2, 0.25) is 0 Å². The minimum Gasteiger partial charge on any atom is -0.320 e. The Labute approximate surface area is 140 Å². The van der Waals surface area contributed by atoms with E-state index in [2.05, 4.69) is 49.3 Å². The third-order valence-electron chi connectivity index (χ3n) is 3.59. The van der Waals surface area contributed by atoms with Crippen LogP contribution < -0.4 is 5.32 Å². The van der Waals surface area contributed by atoms with Crippen molar-refractivity contribution < 1.29 is 4.79 Å². The lowest BCUT2D eigenvalue weighted by molar-refractivity contribution is 0.206. The number of anilines is 1. The number of carbonyl (C=O) groups is 1. The van der Waals surface area contributed by atoms with Crippen molar-refractivity contribution in [1.29, 1.82) is 0 Å². The van der Waals surface area contributed by atoms with E-state index in [1.54, 1.807) is 0 Å². The lowest BCUT2D eigenvalue weighted by Gasteiger charge is -2.29. The van der Waals surface area contributed by atoms with E-state index in [0.29, 0.717) is 6.54 Å². The summed E-state index contributed by atoms with van der Waals surface area (Å²) in [4.78, 5) is 14.2. The van der Waals surface area contributed by atoms with E-state index in [1.807, 2.05) is 35.2 Å². The summed E-state index contributed by atoms with van der Waals surface area (Å²) in [5.74, 6) is 0. The van der Waals surface area contributed by atoms with Crippen molar-refractivity contribution in [3.63, 3.8) is 0 Å². The first-order chi connectivity index (χ1) is 10.1. The Hall–Kier alpha value is -1.33. The highest BCUT2D eigenvalue weighted by molar-refractivity contribution is 9.11. The molecule has 0 saturated heterocycles. The molecule has 1 N–H and O–H groups in total. The summed E-state index contributed by atoms with van der Waals surface area (Å²) < 4.78 is 1.84. The molecule has 0 saturated carbocycles. The number of urea groups is 1. The smallest absolute Gasteiger partial charge is 0.320 e. The Kier molecular flexibility index (Phi) is 4.31. The molecule has 2 aromatic carbocycles. The summed E-state index contributed by atoms with van der Waals surface area (Å²) in [6, 6.07) is 13.9. The van der Waals surface area contributed by atoms with Crippen LogP contribution in [0.1, 0.15) is 11.1 Å². The first-order valence-electron chi connectivity index (χ1n) is 6.71. The zero-order valence-corrected chi connectivity index (χ0v) is 14.4. The highest BCUT2D eigenvalue weighted by Crippen LogP contribution is 2.27. The van der Waals surface area contributed by atoms with E-state index in [-0.39, 0.29) is 6.03 Å². The van der Waals surface area contributed by atoms with Crippen LogP contribution in [0.15, 0.2) is 51.4 Å². The van der Waals surface area contributed by atoms with Gasteiger partial charge in [0.15, 0.2) is 0 Å². The molecule has 108 valence electrons. The van der Waals surface area contributed by atoms with Crippen LogP contribution in [0.5, 0.6) is 0 Å². The van der Waals surface area contributed by atoms with E-state index < -0.39 is 0 Å². The van der Waals surface area contributed by atoms with Crippen LogP contribution in [0.3, 0.4) is 0 Å². The van der Waals surface area contributed by atoms with E-state index in [1.165, 1.54) is 11.1 Å². The number of rotatable bonds is 1. The number of nitrogens with zero attached hydrogens (tertiary/aromatic N) is 1. The summed E-state index contributed by atoms with van der Waals surface area (Å²) in [7, 11) is 0. The minimum absolute atomic E-state index is 0.0625. The average Bonchev–Trinajstić information content (AvgIpc) is 2.49. The Morgan fingerprint density at radius 2 is 1.86 bits per heavy atom. The van der Waals surface area contributed by atoms with Crippen LogP contribution >= 0.6 is 31.9 Å². The van der Waals surface area contributed by atoms with Gasteiger partial charge in [0.2, 0.25) is 0 Å². The molecule has 21 heavy (non-hydrogen) atoms. The first-order valence-corrected chi connectivity index (χ1v) is 8.30. The van der Waals surface area contributed by atoms with Crippen molar-refractivity contribution >= 4 is 43.6 Å². The second kappa shape index (κ2) is 6.20. The van der Waals surface area contributed by atoms with Crippen molar-refractivity contribution in [2.75, 3.05) is 11.9 Å². The summed E-state index contributed by atoms with van der Waals surface area (Å²) in [5, 5.41) is 2.96. The molecular weight excluding hydrogens is 396 g/mol. The maximum absolute atomic E-state index is 12.4. The molecule has 0 aromatic heterocycles. The third-order valence-corrected chi connectivity index (χ3v) is 4.74. The highest BCUT2D eigenvalue weighted by Gasteiger charge is 2.20. The summed E-state index contributed by atoms with van der Waals surface area (Å²) >= 11 is 6.87. The van der Waals surface area contributed by atoms with E-state index in [0.717, 1.165) is 27.6 Å². The SMILES string of the molecule is O=C(Nc1ccc(Br)cc1Br)N1CCc2ccccc2C1. The zero-order chi connectivity index (χ0) is 14.8. The lowest BCUT2D eigenvalue weighted by Crippen LogP contribution is -2.38. The van der Waals surface area contributed by atoms with Gasteiger partial charge in [-0.3, -0.25) is 0 Å². The fourth-order valence-corrected chi connectivity index (χ4v) is 3.60. The van der Waals surface area contributed by atoms with Gasteiger partial charge in [0.25, 0.3) is 0 Å². The minimum atomic E-state index is -0.0625. The highest BCUT2D eigenvalue weighted by atomic mass is 79.9. The van der Waals surface area contributed by atoms with Gasteiger partial charge in [0, 0.05) is 22.0 Å². The van der Waals surface area contributed by atoms with Crippen LogP contribution in [-0.4, -0.2) is 17.5 Å². The Morgan fingerprint density at radius 3 is 2.62 bits per heavy atom. The molecule has 1 aliphatic heterocycles. The van der Waals surface area contributed by atoms with Gasteiger partial charge in [0.05, 0.1) is 5.69 Å². The molecule has 1 heterocycles. The summed E-state index contributed by atoms with van der Waals surface area (Å²) in [6.45, 7) is 1.41. The van der Waals surface area contributed by atoms with Crippen LogP contribution in [0.4, 0.5) is 10.5 Å². The molecule has 0 unspecified atom stereocenters. The molecule has 2 amide bonds. The Morgan fingerprint density at radius 1 is 1.10 bits per heavy atom. The number of carbonyl (C=O) groups excluding carboxylic acids is 1. The van der Waals surface area contributed by atoms with Crippen LogP contribution in [0, 0.1) is 0 Å². The molecule has 3 nitrogen and oxygen atoms in total. The fourth-order valence-electron chi connectivity index (χ4n) is 2.45. The molecule has 3 rings (SSSR count). The fraction of sp³-hybridized carbons (Fsp3) is 0.188. The molecule has 1 aliphatic rings. The van der Waals surface area contributed by atoms with Gasteiger partial charge in [-0.2, -0.15) is 0 Å². The Balaban J connectivity index is 1.72. The zero-order valence-electron chi connectivity index (χ0n) is 11.3. The van der Waals surface area contributed by atoms with Crippen LogP contribution in [-0.2, 0) is 13.0 Å². The van der Waals surface area contributed by atoms with Crippen molar-refractivity contribution in [1.82, 2.24) is 4.90 Å². The molecule has 0 aliphatic carbocycles. The predicted molar refractivity (Wildman–Crippen MR) is 91.4 cm³/mol. The average molecular weight is 410 g/mol. The van der Waals surface area contributed by atoms with Gasteiger partial charge in [-0.1, -0.05) is 40.2 Å². The summed E-state index contributed by atoms with van der Waals surface area (Å²) in [6.07, 6.45) is 0.908. The topological polar surface area (TPSA) is 32.3 Å². The van der Waals surface area contributed by atoms with Crippen molar-refractivity contribution in [3.05, 3.63) is 62.5 Å². The van der Waals surface area contributed by atoms with Crippen LogP contribution in [0.25, 0.3) is 0 Å². The number of fused-ring (bicyclic) bond motifs is 1. The van der Waals surface area contributed by atoms with E-state index in [4.69, 9.17) is 0 Å². The van der Waals surface area contributed by atoms with Gasteiger partial charge < -0.3 is 10.2 Å². The number of halogens is 2. The standard InChI is InChI=1S/C16H14Br2N2O/c17-13-5-6-15(14(18)9-13)19-16(21)20-8-7-11-3-1-2-4-12(11)10-20/h1-6,9H,7-8,10H2,(H,19,21). The number of hydrogen-bond donors (Lipinski definition) is 1. The van der Waals surface area contributed by atoms with Crippen molar-refractivity contribution in [3.8, 4) is 0 Å². The maximum atomic E-state index is 12.4. The van der Waals surface area contributed by atoms with E-state index >= 15 is 0 Å². The van der Waals surface area contributed by atoms with E-state index in [9.17, 15) is 4.79 Å². The van der Waals surface area contributed by atoms with Crippen molar-refractivity contribution in [2.45, 2.75) is 13.0 Å². The second-order valence-electron chi connectivity index (χ2n) is 4.99. The molecule has 0 radical (unpaired) electrons. The molecule has 0 bridgehead atoms. The lowest BCUT2D eigenvalue weighted by atomic mass is 10.0. The first kappa shape index (κ1) is 14.6. The van der Waals surface area contributed by atoms with Crippen molar-refractivity contribution in [2.24, 2.45) is 0 Å². The second-order valence-corrected chi connectivity index (χ2v) is 6.76. The maximum Gasteiger partial charge on any atom is 0.322 e. The van der Waals surface area contributed by atoms with Gasteiger partial charge in [-0.05, 0) is 51.7 Å². The molecule has 5 heteroatoms. The van der Waals surface area contributed by atoms with Gasteiger partial charge >= 0.3 is 6.03 Å². The molecule has 2 aromatic rings. The number of hydrogen-bond acceptors (Lipinski definition) is 1. The number of nitrogens with one attached hydrogen (secondary N) is 1. The monoisotopic (exact) mass is 408 g/mol. The normalized spacial score (nSPS) is 13.7. The molecule has 0 spiro atoms. The largest absolute Gasteiger partial charge is 0.322 e. The molecule has 0 fully saturated rings. The molecular formula is C16H14Br2N2O. The predicted octanol–water partition coefficient (Wildman–Crippen LogP) is 4.80. The third kappa shape index (κ3) is 3.30. The quantitative estimate of drug-likeness (QED) is 0.720. The summed E-state index contributed by atoms with van der Waals surface area (Å²) in [5.41, 5.74) is 3.35. The Bertz CT molecular complexity index is 688. The van der Waals surface area contributed by atoms with Gasteiger partial charge in [0.1, 0.15) is 0 Å². The molecule has 0 atom stereocenters. The number of amides is 2. The number of benzene rings is 2.